The topological polar surface area (TPSA) is 98.8 Å². The summed E-state index contributed by atoms with van der Waals surface area (Å²) in [6, 6.07) is 15.9. The Morgan fingerprint density at radius 1 is 0.975 bits per heavy atom. The molecule has 2 N–H and O–H groups in total. The molecule has 0 spiro atoms. The van der Waals surface area contributed by atoms with Gasteiger partial charge in [-0.15, -0.1) is 0 Å². The van der Waals surface area contributed by atoms with Gasteiger partial charge in [-0.25, -0.2) is 4.98 Å². The van der Waals surface area contributed by atoms with E-state index in [4.69, 9.17) is 9.72 Å². The maximum absolute atomic E-state index is 13.6. The first-order chi connectivity index (χ1) is 19.0. The smallest absolute Gasteiger partial charge is 0.302 e. The fraction of sp³-hybridized carbons (Fsp3) is 0.281. The molecule has 1 fully saturated rings. The predicted octanol–water partition coefficient (Wildman–Crippen LogP) is 5.97. The number of aryl methyl sites for hydroxylation is 3. The quantitative estimate of drug-likeness (QED) is 0.178. The molecule has 1 aliphatic heterocycles. The molecule has 5 rings (SSSR count). The van der Waals surface area contributed by atoms with E-state index >= 15 is 0 Å². The van der Waals surface area contributed by atoms with E-state index in [9.17, 15) is 14.7 Å². The summed E-state index contributed by atoms with van der Waals surface area (Å²) in [6.45, 7) is 9.77. The standard InChI is InChI=1S/C32H34N4O4/c1-17(2)40-26-13-10-22(14-20(26)5)29(37)27-28(21-8-11-23(12-9-21)35(6)7)36(31(39)30(27)38)32-33-24-15-18(3)19(4)16-25(24)34-32/h8-17,28,37H,1-7H3,(H,33,34)/b29-27+. The van der Waals surface area contributed by atoms with Crippen molar-refractivity contribution in [2.24, 2.45) is 0 Å². The van der Waals surface area contributed by atoms with Gasteiger partial charge in [0, 0.05) is 25.3 Å². The number of aromatic nitrogens is 2. The molecule has 2 heterocycles. The number of fused-ring (bicyclic) bond motifs is 1. The average Bonchev–Trinajstić information content (AvgIpc) is 3.42. The normalized spacial score (nSPS) is 16.8. The van der Waals surface area contributed by atoms with Crippen LogP contribution in [0.25, 0.3) is 16.8 Å². The van der Waals surface area contributed by atoms with Crippen LogP contribution >= 0.6 is 0 Å². The molecule has 0 radical (unpaired) electrons. The third-order valence-electron chi connectivity index (χ3n) is 7.29. The number of Topliss-reactive ketones (excluding diaryl/α,β-unsaturated/α-hetero) is 1. The van der Waals surface area contributed by atoms with E-state index < -0.39 is 17.7 Å². The summed E-state index contributed by atoms with van der Waals surface area (Å²) in [4.78, 5) is 38.5. The molecule has 4 aromatic rings. The highest BCUT2D eigenvalue weighted by atomic mass is 16.5. The molecular weight excluding hydrogens is 504 g/mol. The van der Waals surface area contributed by atoms with E-state index in [-0.39, 0.29) is 23.4 Å². The van der Waals surface area contributed by atoms with Crippen molar-refractivity contribution >= 4 is 40.1 Å². The molecule has 1 aliphatic rings. The number of nitrogens with zero attached hydrogens (tertiary/aromatic N) is 3. The Kier molecular flexibility index (Phi) is 6.87. The summed E-state index contributed by atoms with van der Waals surface area (Å²) >= 11 is 0. The van der Waals surface area contributed by atoms with Crippen LogP contribution in [0.5, 0.6) is 5.75 Å². The fourth-order valence-electron chi connectivity index (χ4n) is 5.03. The largest absolute Gasteiger partial charge is 0.507 e. The van der Waals surface area contributed by atoms with E-state index in [1.807, 2.05) is 90.0 Å². The molecule has 0 aliphatic carbocycles. The van der Waals surface area contributed by atoms with Gasteiger partial charge in [0.05, 0.1) is 28.8 Å². The molecule has 40 heavy (non-hydrogen) atoms. The van der Waals surface area contributed by atoms with Crippen molar-refractivity contribution in [1.29, 1.82) is 0 Å². The number of hydrogen-bond acceptors (Lipinski definition) is 6. The van der Waals surface area contributed by atoms with Crippen molar-refractivity contribution in [3.05, 3.63) is 88.0 Å². The van der Waals surface area contributed by atoms with Gasteiger partial charge in [0.15, 0.2) is 0 Å². The minimum Gasteiger partial charge on any atom is -0.507 e. The number of hydrogen-bond donors (Lipinski definition) is 2. The van der Waals surface area contributed by atoms with Crippen LogP contribution in [0, 0.1) is 20.8 Å². The van der Waals surface area contributed by atoms with Crippen LogP contribution in [0.1, 0.15) is 47.7 Å². The zero-order chi connectivity index (χ0) is 28.9. The monoisotopic (exact) mass is 538 g/mol. The van der Waals surface area contributed by atoms with Gasteiger partial charge in [0.1, 0.15) is 11.5 Å². The maximum Gasteiger partial charge on any atom is 0.302 e. The van der Waals surface area contributed by atoms with Crippen molar-refractivity contribution in [3.8, 4) is 5.75 Å². The molecule has 1 aromatic heterocycles. The Labute approximate surface area is 233 Å². The third-order valence-corrected chi connectivity index (χ3v) is 7.29. The lowest BCUT2D eigenvalue weighted by molar-refractivity contribution is -0.132. The minimum absolute atomic E-state index is 0.00680. The van der Waals surface area contributed by atoms with Crippen LogP contribution in [-0.2, 0) is 9.59 Å². The number of anilines is 2. The number of rotatable bonds is 6. The number of aliphatic hydroxyl groups excluding tert-OH is 1. The van der Waals surface area contributed by atoms with E-state index in [2.05, 4.69) is 4.98 Å². The van der Waals surface area contributed by atoms with Crippen molar-refractivity contribution in [2.45, 2.75) is 46.8 Å². The van der Waals surface area contributed by atoms with Crippen LogP contribution in [-0.4, -0.2) is 47.0 Å². The Bertz CT molecular complexity index is 1630. The number of ketones is 1. The molecule has 3 aromatic carbocycles. The Morgan fingerprint density at radius 3 is 2.27 bits per heavy atom. The van der Waals surface area contributed by atoms with Crippen molar-refractivity contribution in [2.75, 3.05) is 23.9 Å². The predicted molar refractivity (Wildman–Crippen MR) is 158 cm³/mol. The van der Waals surface area contributed by atoms with Gasteiger partial charge >= 0.3 is 5.91 Å². The highest BCUT2D eigenvalue weighted by molar-refractivity contribution is 6.51. The van der Waals surface area contributed by atoms with E-state index in [0.717, 1.165) is 27.9 Å². The summed E-state index contributed by atoms with van der Waals surface area (Å²) in [5.41, 5.74) is 6.50. The number of carbonyl (C=O) groups is 2. The lowest BCUT2D eigenvalue weighted by Gasteiger charge is -2.24. The van der Waals surface area contributed by atoms with E-state index in [1.165, 1.54) is 4.90 Å². The lowest BCUT2D eigenvalue weighted by atomic mass is 9.94. The molecule has 1 atom stereocenters. The Hall–Kier alpha value is -4.59. The zero-order valence-corrected chi connectivity index (χ0v) is 23.9. The van der Waals surface area contributed by atoms with Gasteiger partial charge < -0.3 is 19.7 Å². The highest BCUT2D eigenvalue weighted by Crippen LogP contribution is 2.42. The summed E-state index contributed by atoms with van der Waals surface area (Å²) in [5.74, 6) is -0.834. The average molecular weight is 539 g/mol. The summed E-state index contributed by atoms with van der Waals surface area (Å²) < 4.78 is 5.84. The van der Waals surface area contributed by atoms with Crippen LogP contribution in [0.2, 0.25) is 0 Å². The summed E-state index contributed by atoms with van der Waals surface area (Å²) in [5, 5.41) is 11.6. The van der Waals surface area contributed by atoms with Crippen LogP contribution in [0.4, 0.5) is 11.6 Å². The maximum atomic E-state index is 13.6. The number of aliphatic hydroxyl groups is 1. The van der Waals surface area contributed by atoms with Gasteiger partial charge in [-0.1, -0.05) is 12.1 Å². The molecule has 8 heteroatoms. The van der Waals surface area contributed by atoms with Crippen LogP contribution < -0.4 is 14.5 Å². The highest BCUT2D eigenvalue weighted by Gasteiger charge is 2.48. The SMILES string of the molecule is Cc1cc2nc(N3C(=O)C(=O)/C(=C(/O)c4ccc(OC(C)C)c(C)c4)C3c3ccc(N(C)C)cc3)[nH]c2cc1C. The second-order valence-electron chi connectivity index (χ2n) is 10.8. The first kappa shape index (κ1) is 27.0. The lowest BCUT2D eigenvalue weighted by Crippen LogP contribution is -2.30. The van der Waals surface area contributed by atoms with Crippen molar-refractivity contribution < 1.29 is 19.4 Å². The Morgan fingerprint density at radius 2 is 1.65 bits per heavy atom. The number of aromatic amines is 1. The van der Waals surface area contributed by atoms with Gasteiger partial charge in [0.25, 0.3) is 5.78 Å². The number of amides is 1. The first-order valence-corrected chi connectivity index (χ1v) is 13.3. The number of ether oxygens (including phenoxy) is 1. The summed E-state index contributed by atoms with van der Waals surface area (Å²) in [7, 11) is 3.88. The number of H-pyrrole nitrogens is 1. The number of imidazole rings is 1. The van der Waals surface area contributed by atoms with E-state index in [1.54, 1.807) is 18.2 Å². The zero-order valence-electron chi connectivity index (χ0n) is 23.9. The van der Waals surface area contributed by atoms with Gasteiger partial charge in [-0.05, 0) is 99.3 Å². The molecule has 0 saturated carbocycles. The molecule has 1 saturated heterocycles. The molecular formula is C32H34N4O4. The minimum atomic E-state index is -0.883. The molecule has 206 valence electrons. The van der Waals surface area contributed by atoms with Crippen LogP contribution in [0.3, 0.4) is 0 Å². The fourth-order valence-corrected chi connectivity index (χ4v) is 5.03. The Balaban J connectivity index is 1.69. The number of nitrogens with one attached hydrogen (secondary N) is 1. The second kappa shape index (κ2) is 10.2. The van der Waals surface area contributed by atoms with Crippen molar-refractivity contribution in [3.63, 3.8) is 0 Å². The second-order valence-corrected chi connectivity index (χ2v) is 10.8. The van der Waals surface area contributed by atoms with Crippen LogP contribution in [0.15, 0.2) is 60.2 Å². The van der Waals surface area contributed by atoms with Gasteiger partial charge in [-0.2, -0.15) is 0 Å². The van der Waals surface area contributed by atoms with E-state index in [0.29, 0.717) is 22.4 Å². The molecule has 0 bridgehead atoms. The van der Waals surface area contributed by atoms with Gasteiger partial charge in [-0.3, -0.25) is 14.5 Å². The molecule has 8 nitrogen and oxygen atoms in total. The third kappa shape index (κ3) is 4.70. The van der Waals surface area contributed by atoms with Gasteiger partial charge in [0.2, 0.25) is 5.95 Å². The summed E-state index contributed by atoms with van der Waals surface area (Å²) in [6.07, 6.45) is -0.00927. The number of benzene rings is 3. The number of carbonyl (C=O) groups excluding carboxylic acids is 2. The first-order valence-electron chi connectivity index (χ1n) is 13.3. The molecule has 1 unspecified atom stereocenters. The molecule has 1 amide bonds. The van der Waals surface area contributed by atoms with Crippen molar-refractivity contribution in [1.82, 2.24) is 9.97 Å².